The number of likely N-dealkylation sites (N-methyl/N-ethyl adjacent to an activating group) is 1. The molecule has 1 aliphatic carbocycles. The van der Waals surface area contributed by atoms with Gasteiger partial charge in [0.15, 0.2) is 5.78 Å². The number of aliphatic carboxylic acids is 1. The number of amides is 1. The minimum Gasteiger partial charge on any atom is -0.477 e. The smallest absolute Gasteiger partial charge is 0.352 e. The number of carbonyl (C=O) groups is 3. The van der Waals surface area contributed by atoms with E-state index >= 15 is 0 Å². The van der Waals surface area contributed by atoms with Crippen molar-refractivity contribution in [2.24, 2.45) is 11.8 Å². The lowest BCUT2D eigenvalue weighted by Crippen LogP contribution is -2.73. The van der Waals surface area contributed by atoms with E-state index in [2.05, 4.69) is 19.2 Å². The number of benzene rings is 2. The molecule has 2 N–H and O–H groups in total. The molecule has 8 rings (SSSR count). The van der Waals surface area contributed by atoms with Gasteiger partial charge in [0.1, 0.15) is 51.5 Å². The van der Waals surface area contributed by atoms with E-state index in [4.69, 9.17) is 0 Å². The minimum atomic E-state index is -1.17. The molecule has 202 valence electrons. The van der Waals surface area contributed by atoms with Crippen LogP contribution >= 0.6 is 0 Å². The van der Waals surface area contributed by atoms with Crippen molar-refractivity contribution in [2.75, 3.05) is 46.3 Å². The first-order valence-electron chi connectivity index (χ1n) is 14.0. The Bertz CT molecular complexity index is 1480. The van der Waals surface area contributed by atoms with E-state index in [0.29, 0.717) is 22.3 Å². The highest BCUT2D eigenvalue weighted by Crippen LogP contribution is 2.51. The van der Waals surface area contributed by atoms with Crippen LogP contribution in [0.3, 0.4) is 0 Å². The summed E-state index contributed by atoms with van der Waals surface area (Å²) >= 11 is 0. The van der Waals surface area contributed by atoms with Gasteiger partial charge in [-0.05, 0) is 47.4 Å². The summed E-state index contributed by atoms with van der Waals surface area (Å²) in [6.07, 6.45) is -0.857. The number of nitrogens with zero attached hydrogens (tertiary/aromatic N) is 3. The number of hydrogen-bond acceptors (Lipinski definition) is 4. The topological polar surface area (TPSA) is 94.9 Å². The second-order valence-electron chi connectivity index (χ2n) is 12.8. The predicted molar refractivity (Wildman–Crippen MR) is 144 cm³/mol. The minimum absolute atomic E-state index is 0.0358. The summed E-state index contributed by atoms with van der Waals surface area (Å²) in [6.45, 7) is 11.7. The molecule has 5 aliphatic heterocycles. The largest absolute Gasteiger partial charge is 0.477 e. The molecule has 0 saturated carbocycles. The molecule has 4 atom stereocenters. The summed E-state index contributed by atoms with van der Waals surface area (Å²) in [6, 6.07) is 11.5. The van der Waals surface area contributed by atoms with Gasteiger partial charge in [0.05, 0.1) is 25.1 Å². The molecule has 2 aromatic carbocycles. The molecule has 0 radical (unpaired) electrons. The fourth-order valence-electron chi connectivity index (χ4n) is 8.00. The van der Waals surface area contributed by atoms with Crippen LogP contribution in [0.15, 0.2) is 42.1 Å². The van der Waals surface area contributed by atoms with Gasteiger partial charge in [-0.1, -0.05) is 25.1 Å². The number of fused-ring (bicyclic) bond motifs is 7. The molecular formula is C31H35N3O5+2. The summed E-state index contributed by atoms with van der Waals surface area (Å²) in [4.78, 5) is 39.9. The molecule has 2 aromatic rings. The predicted octanol–water partition coefficient (Wildman–Crippen LogP) is 2.34. The molecule has 1 amide bonds. The van der Waals surface area contributed by atoms with Crippen molar-refractivity contribution in [3.05, 3.63) is 64.3 Å². The maximum Gasteiger partial charge on any atom is 0.352 e. The standard InChI is InChI=1S/C31H34N3O5/c1-17-25(28(31(38)39)32-27(17)26(18(2)35)30(32)37)20-5-7-21-23-14-19(4-6-22(23)29(36)24(21)15-20)16-34-11-8-33(3,9-12-34)10-13-34/h4-7,14-15,17-18,26-27,35H,8-13,16H2,1-3H3/q+1/p+1/t17-,18+,26+,27+,33?,34?/m0/s1. The maximum atomic E-state index is 13.5. The van der Waals surface area contributed by atoms with Crippen LogP contribution in [0.25, 0.3) is 16.7 Å². The zero-order chi connectivity index (χ0) is 27.4. The van der Waals surface area contributed by atoms with E-state index in [9.17, 15) is 24.6 Å². The van der Waals surface area contributed by atoms with Crippen molar-refractivity contribution in [1.82, 2.24) is 4.90 Å². The summed E-state index contributed by atoms with van der Waals surface area (Å²) < 4.78 is 2.32. The number of ketones is 1. The van der Waals surface area contributed by atoms with Gasteiger partial charge in [-0.2, -0.15) is 0 Å². The van der Waals surface area contributed by atoms with Crippen LogP contribution < -0.4 is 0 Å². The highest BCUT2D eigenvalue weighted by atomic mass is 16.4. The molecule has 4 fully saturated rings. The molecule has 2 bridgehead atoms. The number of aliphatic hydroxyl groups is 1. The van der Waals surface area contributed by atoms with Crippen LogP contribution in [-0.4, -0.2) is 100 Å². The Hall–Kier alpha value is -3.33. The Morgan fingerprint density at radius 3 is 2.28 bits per heavy atom. The second kappa shape index (κ2) is 8.10. The normalized spacial score (nSPS) is 33.1. The van der Waals surface area contributed by atoms with Crippen LogP contribution in [-0.2, 0) is 16.1 Å². The Morgan fingerprint density at radius 2 is 1.64 bits per heavy atom. The van der Waals surface area contributed by atoms with Crippen LogP contribution in [0.2, 0.25) is 0 Å². The number of aliphatic hydroxyl groups excluding tert-OH is 1. The van der Waals surface area contributed by atoms with Gasteiger partial charge in [-0.3, -0.25) is 9.59 Å². The van der Waals surface area contributed by atoms with Gasteiger partial charge < -0.3 is 24.1 Å². The second-order valence-corrected chi connectivity index (χ2v) is 12.8. The van der Waals surface area contributed by atoms with E-state index in [-0.39, 0.29) is 23.3 Å². The molecular weight excluding hydrogens is 494 g/mol. The average molecular weight is 530 g/mol. The monoisotopic (exact) mass is 529 g/mol. The quantitative estimate of drug-likeness (QED) is 0.391. The molecule has 6 aliphatic rings. The van der Waals surface area contributed by atoms with Gasteiger partial charge in [-0.25, -0.2) is 4.79 Å². The van der Waals surface area contributed by atoms with Gasteiger partial charge >= 0.3 is 5.97 Å². The number of β-lactam (4-membered cyclic amide) rings is 1. The zero-order valence-corrected chi connectivity index (χ0v) is 22.7. The number of carbonyl (C=O) groups excluding carboxylic acids is 2. The Balaban J connectivity index is 1.23. The zero-order valence-electron chi connectivity index (χ0n) is 22.7. The van der Waals surface area contributed by atoms with Crippen molar-refractivity contribution < 1.29 is 33.6 Å². The van der Waals surface area contributed by atoms with E-state index in [1.165, 1.54) is 54.2 Å². The first kappa shape index (κ1) is 24.7. The van der Waals surface area contributed by atoms with E-state index in [0.717, 1.165) is 22.2 Å². The molecule has 8 heteroatoms. The van der Waals surface area contributed by atoms with E-state index in [1.807, 2.05) is 25.1 Å². The number of piperazine rings is 3. The molecule has 5 heterocycles. The third-order valence-electron chi connectivity index (χ3n) is 10.4. The number of carboxylic acid groups (broad SMARTS) is 1. The summed E-state index contributed by atoms with van der Waals surface area (Å²) in [5.41, 5.74) is 5.51. The van der Waals surface area contributed by atoms with Gasteiger partial charge in [0.2, 0.25) is 5.91 Å². The van der Waals surface area contributed by atoms with Crippen molar-refractivity contribution in [1.29, 1.82) is 0 Å². The number of carboxylic acids is 1. The third kappa shape index (κ3) is 3.38. The fourth-order valence-corrected chi connectivity index (χ4v) is 8.00. The lowest BCUT2D eigenvalue weighted by molar-refractivity contribution is -1.08. The number of rotatable bonds is 5. The molecule has 4 saturated heterocycles. The fraction of sp³-hybridized carbons (Fsp3) is 0.452. The van der Waals surface area contributed by atoms with Crippen molar-refractivity contribution in [2.45, 2.75) is 32.5 Å². The lowest BCUT2D eigenvalue weighted by atomic mass is 9.76. The highest BCUT2D eigenvalue weighted by Gasteiger charge is 2.60. The molecule has 8 nitrogen and oxygen atoms in total. The summed E-state index contributed by atoms with van der Waals surface area (Å²) in [7, 11) is 2.37. The Morgan fingerprint density at radius 1 is 0.974 bits per heavy atom. The van der Waals surface area contributed by atoms with Gasteiger partial charge in [0.25, 0.3) is 0 Å². The van der Waals surface area contributed by atoms with Crippen molar-refractivity contribution in [3.8, 4) is 11.1 Å². The van der Waals surface area contributed by atoms with Gasteiger partial charge in [-0.15, -0.1) is 0 Å². The molecule has 0 spiro atoms. The summed E-state index contributed by atoms with van der Waals surface area (Å²) in [5.74, 6) is -2.47. The molecule has 39 heavy (non-hydrogen) atoms. The first-order valence-corrected chi connectivity index (χ1v) is 14.0. The number of quaternary nitrogens is 2. The van der Waals surface area contributed by atoms with Crippen LogP contribution in [0.4, 0.5) is 0 Å². The Labute approximate surface area is 227 Å². The van der Waals surface area contributed by atoms with E-state index in [1.54, 1.807) is 13.0 Å². The van der Waals surface area contributed by atoms with E-state index < -0.39 is 24.0 Å². The highest BCUT2D eigenvalue weighted by molar-refractivity contribution is 6.22. The molecule has 0 unspecified atom stereocenters. The summed E-state index contributed by atoms with van der Waals surface area (Å²) in [5, 5.41) is 20.2. The maximum absolute atomic E-state index is 13.5. The first-order chi connectivity index (χ1) is 18.5. The van der Waals surface area contributed by atoms with Crippen LogP contribution in [0, 0.1) is 11.8 Å². The van der Waals surface area contributed by atoms with Crippen LogP contribution in [0.5, 0.6) is 0 Å². The van der Waals surface area contributed by atoms with Gasteiger partial charge in [0, 0.05) is 22.6 Å². The van der Waals surface area contributed by atoms with Crippen molar-refractivity contribution >= 4 is 23.2 Å². The number of hydrogen-bond donors (Lipinski definition) is 2. The van der Waals surface area contributed by atoms with Crippen molar-refractivity contribution in [3.63, 3.8) is 0 Å². The third-order valence-corrected chi connectivity index (χ3v) is 10.4. The SMILES string of the molecule is C[C@@H](O)[C@H]1C(=O)N2C(C(=O)O)=C(c3ccc4c(c3)C(=O)c3ccc(C[N+]56CC[N+](C)(CC5)CC6)cc3-4)[C@H](C)[C@H]12. The lowest BCUT2D eigenvalue weighted by Gasteiger charge is -2.54. The average Bonchev–Trinajstić information content (AvgIpc) is 3.33. The Kier molecular flexibility index (Phi) is 5.13. The van der Waals surface area contributed by atoms with Crippen LogP contribution in [0.1, 0.15) is 40.9 Å². The molecule has 0 aromatic heterocycles.